The third kappa shape index (κ3) is 3.54. The lowest BCUT2D eigenvalue weighted by atomic mass is 10.2. The molecule has 0 aliphatic rings. The quantitative estimate of drug-likeness (QED) is 0.581. The Morgan fingerprint density at radius 3 is 2.86 bits per heavy atom. The van der Waals surface area contributed by atoms with Crippen molar-refractivity contribution in [2.24, 2.45) is 0 Å². The maximum absolute atomic E-state index is 5.23. The van der Waals surface area contributed by atoms with Crippen molar-refractivity contribution in [2.75, 3.05) is 13.7 Å². The zero-order chi connectivity index (χ0) is 15.4. The molecule has 1 heterocycles. The van der Waals surface area contributed by atoms with E-state index < -0.39 is 0 Å². The van der Waals surface area contributed by atoms with E-state index in [0.29, 0.717) is 6.61 Å². The van der Waals surface area contributed by atoms with Crippen molar-refractivity contribution >= 4 is 38.7 Å². The van der Waals surface area contributed by atoms with E-state index in [1.54, 1.807) is 18.9 Å². The zero-order valence-electron chi connectivity index (χ0n) is 12.3. The summed E-state index contributed by atoms with van der Waals surface area (Å²) in [5.41, 5.74) is 3.48. The summed E-state index contributed by atoms with van der Waals surface area (Å²) >= 11 is 5.28. The van der Waals surface area contributed by atoms with Gasteiger partial charge in [0, 0.05) is 23.9 Å². The first-order chi connectivity index (χ1) is 10.8. The van der Waals surface area contributed by atoms with Gasteiger partial charge in [0.2, 0.25) is 0 Å². The highest BCUT2D eigenvalue weighted by atomic mass is 79.9. The number of imidazole rings is 1. The number of para-hydroxylation sites is 2. The Bertz CT molecular complexity index is 772. The number of aromatic nitrogens is 2. The summed E-state index contributed by atoms with van der Waals surface area (Å²) < 4.78 is 8.58. The SMILES string of the molecule is COCCn1c(SCc2cccc(Br)c2)nc2ccccc21. The normalized spacial score (nSPS) is 11.2. The Balaban J connectivity index is 1.85. The molecule has 0 atom stereocenters. The molecule has 0 N–H and O–H groups in total. The highest BCUT2D eigenvalue weighted by Crippen LogP contribution is 2.27. The molecule has 0 unspecified atom stereocenters. The lowest BCUT2D eigenvalue weighted by Crippen LogP contribution is -2.05. The third-order valence-electron chi connectivity index (χ3n) is 3.40. The Kier molecular flexibility index (Phi) is 5.18. The van der Waals surface area contributed by atoms with Gasteiger partial charge in [0.15, 0.2) is 5.16 Å². The molecular weight excluding hydrogens is 360 g/mol. The Hall–Kier alpha value is -1.30. The van der Waals surface area contributed by atoms with Crippen LogP contribution in [-0.2, 0) is 17.0 Å². The molecule has 22 heavy (non-hydrogen) atoms. The summed E-state index contributed by atoms with van der Waals surface area (Å²) in [6.45, 7) is 1.50. The highest BCUT2D eigenvalue weighted by Gasteiger charge is 2.11. The molecule has 3 rings (SSSR count). The van der Waals surface area contributed by atoms with Crippen LogP contribution >= 0.6 is 27.7 Å². The molecule has 0 amide bonds. The van der Waals surface area contributed by atoms with Gasteiger partial charge in [0.25, 0.3) is 0 Å². The van der Waals surface area contributed by atoms with Crippen molar-refractivity contribution < 1.29 is 4.74 Å². The molecule has 0 aliphatic heterocycles. The van der Waals surface area contributed by atoms with Crippen LogP contribution in [0.25, 0.3) is 11.0 Å². The molecule has 3 nitrogen and oxygen atoms in total. The fourth-order valence-corrected chi connectivity index (χ4v) is 3.77. The molecular formula is C17H17BrN2OS. The maximum Gasteiger partial charge on any atom is 0.169 e. The number of thioether (sulfide) groups is 1. The van der Waals surface area contributed by atoms with Crippen LogP contribution in [0.4, 0.5) is 0 Å². The summed E-state index contributed by atoms with van der Waals surface area (Å²) in [6.07, 6.45) is 0. The Morgan fingerprint density at radius 1 is 1.18 bits per heavy atom. The second kappa shape index (κ2) is 7.31. The molecule has 0 fully saturated rings. The lowest BCUT2D eigenvalue weighted by molar-refractivity contribution is 0.186. The summed E-state index contributed by atoms with van der Waals surface area (Å²) in [4.78, 5) is 4.76. The molecule has 0 saturated heterocycles. The second-order valence-corrected chi connectivity index (χ2v) is 6.80. The number of methoxy groups -OCH3 is 1. The summed E-state index contributed by atoms with van der Waals surface area (Å²) in [7, 11) is 1.73. The van der Waals surface area contributed by atoms with Crippen LogP contribution in [0.2, 0.25) is 0 Å². The van der Waals surface area contributed by atoms with Crippen molar-refractivity contribution in [2.45, 2.75) is 17.5 Å². The standard InChI is InChI=1S/C17H17BrN2OS/c1-21-10-9-20-16-8-3-2-7-15(16)19-17(20)22-12-13-5-4-6-14(18)11-13/h2-8,11H,9-10,12H2,1H3. The van der Waals surface area contributed by atoms with Crippen molar-refractivity contribution in [3.63, 3.8) is 0 Å². The lowest BCUT2D eigenvalue weighted by Gasteiger charge is -2.08. The smallest absolute Gasteiger partial charge is 0.169 e. The van der Waals surface area contributed by atoms with Crippen LogP contribution in [0.15, 0.2) is 58.2 Å². The third-order valence-corrected chi connectivity index (χ3v) is 4.94. The Labute approximate surface area is 142 Å². The van der Waals surface area contributed by atoms with Gasteiger partial charge in [-0.3, -0.25) is 0 Å². The first kappa shape index (κ1) is 15.6. The number of ether oxygens (including phenoxy) is 1. The van der Waals surface area contributed by atoms with Crippen molar-refractivity contribution in [3.8, 4) is 0 Å². The number of hydrogen-bond acceptors (Lipinski definition) is 3. The molecule has 5 heteroatoms. The summed E-state index contributed by atoms with van der Waals surface area (Å²) in [5.74, 6) is 0.899. The number of rotatable bonds is 6. The van der Waals surface area contributed by atoms with E-state index in [4.69, 9.17) is 9.72 Å². The van der Waals surface area contributed by atoms with Gasteiger partial charge in [0.05, 0.1) is 17.6 Å². The van der Waals surface area contributed by atoms with E-state index in [9.17, 15) is 0 Å². The number of benzene rings is 2. The van der Waals surface area contributed by atoms with Gasteiger partial charge in [-0.25, -0.2) is 4.98 Å². The van der Waals surface area contributed by atoms with E-state index in [1.807, 2.05) is 12.1 Å². The van der Waals surface area contributed by atoms with E-state index in [1.165, 1.54) is 5.56 Å². The maximum atomic E-state index is 5.23. The van der Waals surface area contributed by atoms with Crippen molar-refractivity contribution in [1.82, 2.24) is 9.55 Å². The van der Waals surface area contributed by atoms with Gasteiger partial charge in [-0.2, -0.15) is 0 Å². The highest BCUT2D eigenvalue weighted by molar-refractivity contribution is 9.10. The fourth-order valence-electron chi connectivity index (χ4n) is 2.34. The molecule has 0 radical (unpaired) electrons. The van der Waals surface area contributed by atoms with E-state index in [2.05, 4.69) is 56.9 Å². The first-order valence-corrected chi connectivity index (χ1v) is 8.87. The predicted octanol–water partition coefficient (Wildman–Crippen LogP) is 4.74. The summed E-state index contributed by atoms with van der Waals surface area (Å²) in [5, 5.41) is 1.04. The van der Waals surface area contributed by atoms with Crippen molar-refractivity contribution in [1.29, 1.82) is 0 Å². The van der Waals surface area contributed by atoms with Crippen LogP contribution in [0.5, 0.6) is 0 Å². The van der Waals surface area contributed by atoms with Gasteiger partial charge < -0.3 is 9.30 Å². The van der Waals surface area contributed by atoms with Gasteiger partial charge in [-0.05, 0) is 29.8 Å². The molecule has 0 bridgehead atoms. The first-order valence-electron chi connectivity index (χ1n) is 7.09. The molecule has 0 saturated carbocycles. The minimum absolute atomic E-state index is 0.685. The molecule has 0 spiro atoms. The minimum atomic E-state index is 0.685. The number of nitrogens with zero attached hydrogens (tertiary/aromatic N) is 2. The predicted molar refractivity (Wildman–Crippen MR) is 95.3 cm³/mol. The van der Waals surface area contributed by atoms with Gasteiger partial charge >= 0.3 is 0 Å². The largest absolute Gasteiger partial charge is 0.383 e. The van der Waals surface area contributed by atoms with Gasteiger partial charge in [0.1, 0.15) is 0 Å². The molecule has 3 aromatic rings. The van der Waals surface area contributed by atoms with E-state index in [-0.39, 0.29) is 0 Å². The average molecular weight is 377 g/mol. The van der Waals surface area contributed by atoms with E-state index >= 15 is 0 Å². The summed E-state index contributed by atoms with van der Waals surface area (Å²) in [6, 6.07) is 16.6. The monoisotopic (exact) mass is 376 g/mol. The van der Waals surface area contributed by atoms with Gasteiger partial charge in [-0.1, -0.05) is 52.0 Å². The minimum Gasteiger partial charge on any atom is -0.383 e. The average Bonchev–Trinajstić information content (AvgIpc) is 2.88. The van der Waals surface area contributed by atoms with Crippen molar-refractivity contribution in [3.05, 3.63) is 58.6 Å². The van der Waals surface area contributed by atoms with Crippen LogP contribution in [0, 0.1) is 0 Å². The van der Waals surface area contributed by atoms with E-state index in [0.717, 1.165) is 33.0 Å². The second-order valence-electron chi connectivity index (χ2n) is 4.95. The molecule has 0 aliphatic carbocycles. The Morgan fingerprint density at radius 2 is 2.05 bits per heavy atom. The number of halogens is 1. The fraction of sp³-hybridized carbons (Fsp3) is 0.235. The topological polar surface area (TPSA) is 27.1 Å². The molecule has 114 valence electrons. The zero-order valence-corrected chi connectivity index (χ0v) is 14.7. The van der Waals surface area contributed by atoms with Gasteiger partial charge in [-0.15, -0.1) is 0 Å². The number of fused-ring (bicyclic) bond motifs is 1. The van der Waals surface area contributed by atoms with Crippen LogP contribution in [0.3, 0.4) is 0 Å². The van der Waals surface area contributed by atoms with Crippen LogP contribution < -0.4 is 0 Å². The van der Waals surface area contributed by atoms with Crippen LogP contribution in [0.1, 0.15) is 5.56 Å². The molecule has 2 aromatic carbocycles. The molecule has 1 aromatic heterocycles. The van der Waals surface area contributed by atoms with Crippen LogP contribution in [-0.4, -0.2) is 23.3 Å². The number of hydrogen-bond donors (Lipinski definition) is 0.